The second-order valence-electron chi connectivity index (χ2n) is 7.49. The number of urea groups is 1. The highest BCUT2D eigenvalue weighted by Crippen LogP contribution is 2.34. The van der Waals surface area contributed by atoms with Crippen LogP contribution in [0.2, 0.25) is 0 Å². The van der Waals surface area contributed by atoms with Gasteiger partial charge in [0.15, 0.2) is 0 Å². The summed E-state index contributed by atoms with van der Waals surface area (Å²) in [5, 5.41) is 5.74. The molecule has 1 aliphatic rings. The van der Waals surface area contributed by atoms with Crippen molar-refractivity contribution in [2.75, 3.05) is 37.5 Å². The molecule has 1 aliphatic heterocycles. The monoisotopic (exact) mass is 410 g/mol. The van der Waals surface area contributed by atoms with Gasteiger partial charge in [0.1, 0.15) is 5.75 Å². The van der Waals surface area contributed by atoms with Crippen LogP contribution in [-0.2, 0) is 17.9 Å². The fourth-order valence-electron chi connectivity index (χ4n) is 3.50. The Labute approximate surface area is 178 Å². The highest BCUT2D eigenvalue weighted by atomic mass is 16.5. The zero-order chi connectivity index (χ0) is 21.5. The SMILES string of the molecule is CCN(C)Cc1cccc(CNC(=O)Nc2ccc(OC)c(N3CCCC3=O)c2)c1. The summed E-state index contributed by atoms with van der Waals surface area (Å²) in [7, 11) is 3.66. The number of nitrogens with one attached hydrogen (secondary N) is 2. The van der Waals surface area contributed by atoms with Crippen LogP contribution in [0.1, 0.15) is 30.9 Å². The summed E-state index contributed by atoms with van der Waals surface area (Å²) in [4.78, 5) is 28.5. The number of nitrogens with zero attached hydrogens (tertiary/aromatic N) is 2. The quantitative estimate of drug-likeness (QED) is 0.697. The molecule has 7 nitrogen and oxygen atoms in total. The minimum atomic E-state index is -0.296. The van der Waals surface area contributed by atoms with Crippen LogP contribution in [0.5, 0.6) is 5.75 Å². The number of rotatable bonds is 8. The Morgan fingerprint density at radius 1 is 1.20 bits per heavy atom. The summed E-state index contributed by atoms with van der Waals surface area (Å²) in [6, 6.07) is 13.2. The van der Waals surface area contributed by atoms with Crippen molar-refractivity contribution in [2.45, 2.75) is 32.9 Å². The largest absolute Gasteiger partial charge is 0.495 e. The first-order chi connectivity index (χ1) is 14.5. The molecular weight excluding hydrogens is 380 g/mol. The molecule has 7 heteroatoms. The van der Waals surface area contributed by atoms with E-state index in [1.54, 1.807) is 30.2 Å². The number of methoxy groups -OCH3 is 1. The Morgan fingerprint density at radius 2 is 2.00 bits per heavy atom. The average Bonchev–Trinajstić information content (AvgIpc) is 3.18. The summed E-state index contributed by atoms with van der Waals surface area (Å²) < 4.78 is 5.39. The van der Waals surface area contributed by atoms with Crippen molar-refractivity contribution in [3.8, 4) is 5.75 Å². The molecule has 0 radical (unpaired) electrons. The number of hydrogen-bond acceptors (Lipinski definition) is 4. The van der Waals surface area contributed by atoms with Crippen LogP contribution in [0.4, 0.5) is 16.2 Å². The van der Waals surface area contributed by atoms with Crippen LogP contribution in [0.15, 0.2) is 42.5 Å². The van der Waals surface area contributed by atoms with E-state index < -0.39 is 0 Å². The molecule has 0 atom stereocenters. The summed E-state index contributed by atoms with van der Waals surface area (Å²) >= 11 is 0. The third-order valence-corrected chi connectivity index (χ3v) is 5.24. The van der Waals surface area contributed by atoms with E-state index in [0.717, 1.165) is 25.1 Å². The van der Waals surface area contributed by atoms with Gasteiger partial charge >= 0.3 is 6.03 Å². The molecule has 3 rings (SSSR count). The van der Waals surface area contributed by atoms with Crippen LogP contribution in [0, 0.1) is 0 Å². The zero-order valence-corrected chi connectivity index (χ0v) is 17.9. The maximum Gasteiger partial charge on any atom is 0.319 e. The average molecular weight is 411 g/mol. The molecule has 1 heterocycles. The lowest BCUT2D eigenvalue weighted by molar-refractivity contribution is -0.117. The maximum atomic E-state index is 12.4. The fourth-order valence-corrected chi connectivity index (χ4v) is 3.50. The van der Waals surface area contributed by atoms with E-state index in [2.05, 4.69) is 41.6 Å². The molecule has 2 N–H and O–H groups in total. The van der Waals surface area contributed by atoms with Crippen LogP contribution < -0.4 is 20.3 Å². The summed E-state index contributed by atoms with van der Waals surface area (Å²) in [5.41, 5.74) is 3.56. The Balaban J connectivity index is 1.61. The molecule has 160 valence electrons. The second kappa shape index (κ2) is 10.1. The third kappa shape index (κ3) is 5.51. The first kappa shape index (κ1) is 21.6. The minimum absolute atomic E-state index is 0.0727. The second-order valence-corrected chi connectivity index (χ2v) is 7.49. The van der Waals surface area contributed by atoms with Gasteiger partial charge in [-0.15, -0.1) is 0 Å². The van der Waals surface area contributed by atoms with E-state index in [9.17, 15) is 9.59 Å². The number of amides is 3. The van der Waals surface area contributed by atoms with E-state index >= 15 is 0 Å². The minimum Gasteiger partial charge on any atom is -0.495 e. The summed E-state index contributed by atoms with van der Waals surface area (Å²) in [6.45, 7) is 5.08. The predicted molar refractivity (Wildman–Crippen MR) is 119 cm³/mol. The number of benzene rings is 2. The van der Waals surface area contributed by atoms with E-state index in [0.29, 0.717) is 36.6 Å². The topological polar surface area (TPSA) is 73.9 Å². The van der Waals surface area contributed by atoms with Gasteiger partial charge in [-0.1, -0.05) is 31.2 Å². The molecule has 0 bridgehead atoms. The Morgan fingerprint density at radius 3 is 2.70 bits per heavy atom. The van der Waals surface area contributed by atoms with Crippen molar-refractivity contribution < 1.29 is 14.3 Å². The number of anilines is 2. The Hall–Kier alpha value is -3.06. The van der Waals surface area contributed by atoms with Crippen molar-refractivity contribution in [3.05, 3.63) is 53.6 Å². The lowest BCUT2D eigenvalue weighted by Gasteiger charge is -2.20. The van der Waals surface area contributed by atoms with Crippen LogP contribution in [0.25, 0.3) is 0 Å². The molecule has 1 fully saturated rings. The standard InChI is InChI=1S/C23H30N4O3/c1-4-26(2)16-18-8-5-7-17(13-18)15-24-23(29)25-19-10-11-21(30-3)20(14-19)27-12-6-9-22(27)28/h5,7-8,10-11,13-14H,4,6,9,12,15-16H2,1-3H3,(H2,24,25,29). The lowest BCUT2D eigenvalue weighted by atomic mass is 10.1. The number of carbonyl (C=O) groups excluding carboxylic acids is 2. The predicted octanol–water partition coefficient (Wildman–Crippen LogP) is 3.60. The molecule has 1 saturated heterocycles. The molecule has 0 unspecified atom stereocenters. The van der Waals surface area contributed by atoms with Crippen molar-refractivity contribution in [2.24, 2.45) is 0 Å². The molecule has 0 saturated carbocycles. The van der Waals surface area contributed by atoms with Gasteiger partial charge in [0, 0.05) is 31.7 Å². The van der Waals surface area contributed by atoms with E-state index in [1.165, 1.54) is 5.56 Å². The first-order valence-corrected chi connectivity index (χ1v) is 10.3. The number of carbonyl (C=O) groups is 2. The van der Waals surface area contributed by atoms with Gasteiger partial charge in [-0.3, -0.25) is 4.79 Å². The van der Waals surface area contributed by atoms with Crippen LogP contribution in [0.3, 0.4) is 0 Å². The highest BCUT2D eigenvalue weighted by Gasteiger charge is 2.24. The molecule has 3 amide bonds. The molecule has 2 aromatic rings. The Kier molecular flexibility index (Phi) is 7.30. The number of hydrogen-bond donors (Lipinski definition) is 2. The fraction of sp³-hybridized carbons (Fsp3) is 0.391. The van der Waals surface area contributed by atoms with Crippen molar-refractivity contribution >= 4 is 23.3 Å². The smallest absolute Gasteiger partial charge is 0.319 e. The van der Waals surface area contributed by atoms with Crippen molar-refractivity contribution in [1.29, 1.82) is 0 Å². The lowest BCUT2D eigenvalue weighted by Crippen LogP contribution is -2.28. The van der Waals surface area contributed by atoms with Crippen molar-refractivity contribution in [1.82, 2.24) is 10.2 Å². The summed E-state index contributed by atoms with van der Waals surface area (Å²) in [5.74, 6) is 0.688. The number of ether oxygens (including phenoxy) is 1. The van der Waals surface area contributed by atoms with E-state index in [-0.39, 0.29) is 11.9 Å². The molecule has 0 aromatic heterocycles. The van der Waals surface area contributed by atoms with Crippen LogP contribution >= 0.6 is 0 Å². The molecule has 2 aromatic carbocycles. The Bertz CT molecular complexity index is 900. The third-order valence-electron chi connectivity index (χ3n) is 5.24. The van der Waals surface area contributed by atoms with Gasteiger partial charge in [-0.2, -0.15) is 0 Å². The van der Waals surface area contributed by atoms with Crippen molar-refractivity contribution in [3.63, 3.8) is 0 Å². The summed E-state index contributed by atoms with van der Waals surface area (Å²) in [6.07, 6.45) is 1.36. The van der Waals surface area contributed by atoms with Crippen LogP contribution in [-0.4, -0.2) is 44.1 Å². The molecule has 0 aliphatic carbocycles. The van der Waals surface area contributed by atoms with Gasteiger partial charge < -0.3 is 25.2 Å². The van der Waals surface area contributed by atoms with Gasteiger partial charge in [0.2, 0.25) is 5.91 Å². The van der Waals surface area contributed by atoms with Gasteiger partial charge in [-0.25, -0.2) is 4.79 Å². The maximum absolute atomic E-state index is 12.4. The molecular formula is C23H30N4O3. The van der Waals surface area contributed by atoms with E-state index in [1.807, 2.05) is 12.1 Å². The highest BCUT2D eigenvalue weighted by molar-refractivity contribution is 5.98. The first-order valence-electron chi connectivity index (χ1n) is 10.3. The van der Waals surface area contributed by atoms with E-state index in [4.69, 9.17) is 4.74 Å². The molecule has 0 spiro atoms. The zero-order valence-electron chi connectivity index (χ0n) is 17.9. The van der Waals surface area contributed by atoms with Gasteiger partial charge in [0.05, 0.1) is 12.8 Å². The molecule has 30 heavy (non-hydrogen) atoms. The normalized spacial score (nSPS) is 13.6. The van der Waals surface area contributed by atoms with Gasteiger partial charge in [-0.05, 0) is 49.3 Å². The van der Waals surface area contributed by atoms with Gasteiger partial charge in [0.25, 0.3) is 0 Å².